The Morgan fingerprint density at radius 1 is 1.00 bits per heavy atom. The number of carbonyl (C=O) groups is 1. The van der Waals surface area contributed by atoms with Gasteiger partial charge in [0.15, 0.2) is 0 Å². The van der Waals surface area contributed by atoms with Gasteiger partial charge in [-0.15, -0.1) is 0 Å². The van der Waals surface area contributed by atoms with Crippen LogP contribution in [-0.4, -0.2) is 39.8 Å². The minimum atomic E-state index is -4.68. The Morgan fingerprint density at radius 2 is 1.67 bits per heavy atom. The van der Waals surface area contributed by atoms with Gasteiger partial charge in [-0.25, -0.2) is 12.8 Å². The van der Waals surface area contributed by atoms with Crippen LogP contribution in [0.2, 0.25) is 0 Å². The van der Waals surface area contributed by atoms with Gasteiger partial charge >= 0.3 is 12.1 Å². The summed E-state index contributed by atoms with van der Waals surface area (Å²) < 4.78 is 91.4. The van der Waals surface area contributed by atoms with Gasteiger partial charge in [0.05, 0.1) is 35.2 Å². The second-order valence-electron chi connectivity index (χ2n) is 9.57. The SMILES string of the molecule is CC(C)(C)C(=O)O.COc1cc(F)cc(-c2ccc3c(c2)N(S(=O)(=O)c2cccc(C(F)(F)F)c2)CCO3)c1. The van der Waals surface area contributed by atoms with Crippen molar-refractivity contribution in [1.29, 1.82) is 0 Å². The number of anilines is 1. The minimum Gasteiger partial charge on any atom is -0.497 e. The lowest BCUT2D eigenvalue weighted by Gasteiger charge is -2.31. The quantitative estimate of drug-likeness (QED) is 0.375. The number of hydrogen-bond donors (Lipinski definition) is 1. The number of carboxylic acid groups (broad SMARTS) is 1. The minimum absolute atomic E-state index is 0.0261. The van der Waals surface area contributed by atoms with E-state index in [9.17, 15) is 30.8 Å². The molecule has 210 valence electrons. The number of hydrogen-bond acceptors (Lipinski definition) is 5. The Balaban J connectivity index is 0.000000532. The Kier molecular flexibility index (Phi) is 8.49. The average molecular weight is 570 g/mol. The first kappa shape index (κ1) is 29.8. The standard InChI is InChI=1S/C22H17F4NO4S.C5H10O2/c1-30-18-10-15(9-17(23)13-18)14-5-6-21-20(11-14)27(7-8-31-21)32(28,29)19-4-2-3-16(12-19)22(24,25)26;1-5(2,3)4(6)7/h2-6,9-13H,7-8H2,1H3;1-3H3,(H,6,7). The maximum atomic E-state index is 14.0. The number of benzene rings is 3. The molecule has 0 bridgehead atoms. The highest BCUT2D eigenvalue weighted by Gasteiger charge is 2.35. The Bertz CT molecular complexity index is 1470. The molecule has 0 radical (unpaired) electrons. The molecule has 0 saturated carbocycles. The van der Waals surface area contributed by atoms with Crippen LogP contribution in [0.3, 0.4) is 0 Å². The van der Waals surface area contributed by atoms with Crippen LogP contribution in [0.25, 0.3) is 11.1 Å². The molecule has 3 aromatic carbocycles. The van der Waals surface area contributed by atoms with Crippen molar-refractivity contribution in [2.24, 2.45) is 5.41 Å². The monoisotopic (exact) mass is 569 g/mol. The zero-order chi connectivity index (χ0) is 29.2. The van der Waals surface area contributed by atoms with Gasteiger partial charge in [0.2, 0.25) is 0 Å². The highest BCUT2D eigenvalue weighted by Crippen LogP contribution is 2.40. The number of sulfonamides is 1. The molecule has 1 heterocycles. The molecule has 1 aliphatic heterocycles. The van der Waals surface area contributed by atoms with E-state index in [0.29, 0.717) is 17.2 Å². The zero-order valence-electron chi connectivity index (χ0n) is 21.5. The van der Waals surface area contributed by atoms with E-state index in [1.54, 1.807) is 32.9 Å². The van der Waals surface area contributed by atoms with Crippen LogP contribution < -0.4 is 13.8 Å². The molecule has 0 aliphatic carbocycles. The van der Waals surface area contributed by atoms with E-state index in [2.05, 4.69) is 0 Å². The molecule has 0 fully saturated rings. The number of ether oxygens (including phenoxy) is 2. The Labute approximate surface area is 223 Å². The van der Waals surface area contributed by atoms with Gasteiger partial charge < -0.3 is 14.6 Å². The number of carboxylic acids is 1. The number of rotatable bonds is 4. The number of methoxy groups -OCH3 is 1. The van der Waals surface area contributed by atoms with Gasteiger partial charge in [0, 0.05) is 6.07 Å². The summed E-state index contributed by atoms with van der Waals surface area (Å²) in [4.78, 5) is 9.53. The third kappa shape index (κ3) is 6.99. The van der Waals surface area contributed by atoms with E-state index in [4.69, 9.17) is 14.6 Å². The van der Waals surface area contributed by atoms with Crippen LogP contribution in [0, 0.1) is 11.2 Å². The molecular formula is C27H27F4NO6S. The zero-order valence-corrected chi connectivity index (χ0v) is 22.4. The van der Waals surface area contributed by atoms with Gasteiger partial charge in [-0.3, -0.25) is 9.10 Å². The number of alkyl halides is 3. The first-order valence-corrected chi connectivity index (χ1v) is 13.0. The van der Waals surface area contributed by atoms with Crippen molar-refractivity contribution < 1.29 is 45.4 Å². The van der Waals surface area contributed by atoms with Crippen LogP contribution in [0.1, 0.15) is 26.3 Å². The van der Waals surface area contributed by atoms with Gasteiger partial charge in [-0.1, -0.05) is 12.1 Å². The molecule has 1 aliphatic rings. The first-order chi connectivity index (χ1) is 18.0. The molecule has 39 heavy (non-hydrogen) atoms. The third-order valence-electron chi connectivity index (χ3n) is 5.61. The van der Waals surface area contributed by atoms with Gasteiger partial charge in [0.1, 0.15) is 23.9 Å². The van der Waals surface area contributed by atoms with Crippen molar-refractivity contribution in [3.05, 3.63) is 72.0 Å². The summed E-state index contributed by atoms with van der Waals surface area (Å²) in [5, 5.41) is 8.25. The summed E-state index contributed by atoms with van der Waals surface area (Å²) in [5.74, 6) is -0.768. The van der Waals surface area contributed by atoms with E-state index in [-0.39, 0.29) is 30.3 Å². The number of fused-ring (bicyclic) bond motifs is 1. The van der Waals surface area contributed by atoms with Gasteiger partial charge in [-0.2, -0.15) is 13.2 Å². The molecule has 0 spiro atoms. The number of aliphatic carboxylic acids is 1. The molecule has 7 nitrogen and oxygen atoms in total. The van der Waals surface area contributed by atoms with Gasteiger partial charge in [0.25, 0.3) is 10.0 Å². The lowest BCUT2D eigenvalue weighted by Crippen LogP contribution is -2.38. The van der Waals surface area contributed by atoms with E-state index < -0.39 is 43.9 Å². The summed E-state index contributed by atoms with van der Waals surface area (Å²) in [7, 11) is -2.93. The molecule has 12 heteroatoms. The highest BCUT2D eigenvalue weighted by atomic mass is 32.2. The first-order valence-electron chi connectivity index (χ1n) is 11.6. The smallest absolute Gasteiger partial charge is 0.416 e. The predicted molar refractivity (Wildman–Crippen MR) is 137 cm³/mol. The fourth-order valence-electron chi connectivity index (χ4n) is 3.43. The number of nitrogens with zero attached hydrogens (tertiary/aromatic N) is 1. The molecule has 0 aromatic heterocycles. The molecular weight excluding hydrogens is 542 g/mol. The Hall–Kier alpha value is -3.80. The highest BCUT2D eigenvalue weighted by molar-refractivity contribution is 7.92. The molecule has 0 saturated heterocycles. The third-order valence-corrected chi connectivity index (χ3v) is 7.42. The van der Waals surface area contributed by atoms with Crippen molar-refractivity contribution in [1.82, 2.24) is 0 Å². The Morgan fingerprint density at radius 3 is 2.26 bits per heavy atom. The van der Waals surface area contributed by atoms with Crippen LogP contribution in [0.15, 0.2) is 65.6 Å². The predicted octanol–water partition coefficient (Wildman–Crippen LogP) is 6.22. The normalized spacial score (nSPS) is 13.5. The van der Waals surface area contributed by atoms with Crippen molar-refractivity contribution in [2.45, 2.75) is 31.8 Å². The largest absolute Gasteiger partial charge is 0.497 e. The van der Waals surface area contributed by atoms with E-state index >= 15 is 0 Å². The van der Waals surface area contributed by atoms with Crippen molar-refractivity contribution in [2.75, 3.05) is 24.6 Å². The fourth-order valence-corrected chi connectivity index (χ4v) is 4.93. The van der Waals surface area contributed by atoms with E-state index in [1.165, 1.54) is 31.4 Å². The lowest BCUT2D eigenvalue weighted by molar-refractivity contribution is -0.145. The maximum Gasteiger partial charge on any atom is 0.416 e. The summed E-state index contributed by atoms with van der Waals surface area (Å²) in [6, 6.07) is 12.3. The summed E-state index contributed by atoms with van der Waals surface area (Å²) >= 11 is 0. The molecule has 0 unspecified atom stereocenters. The van der Waals surface area contributed by atoms with Crippen molar-refractivity contribution >= 4 is 21.7 Å². The molecule has 4 rings (SSSR count). The van der Waals surface area contributed by atoms with Crippen LogP contribution in [0.4, 0.5) is 23.2 Å². The second-order valence-corrected chi connectivity index (χ2v) is 11.4. The molecule has 0 amide bonds. The van der Waals surface area contributed by atoms with E-state index in [0.717, 1.165) is 22.5 Å². The average Bonchev–Trinajstić information content (AvgIpc) is 2.87. The summed E-state index contributed by atoms with van der Waals surface area (Å²) in [6.45, 7) is 4.92. The second kappa shape index (κ2) is 11.1. The maximum absolute atomic E-state index is 14.0. The summed E-state index contributed by atoms with van der Waals surface area (Å²) in [5.41, 5.74) is -0.579. The topological polar surface area (TPSA) is 93.1 Å². The van der Waals surface area contributed by atoms with E-state index in [1.807, 2.05) is 0 Å². The van der Waals surface area contributed by atoms with Gasteiger partial charge in [-0.05, 0) is 74.4 Å². The van der Waals surface area contributed by atoms with Crippen LogP contribution in [-0.2, 0) is 21.0 Å². The van der Waals surface area contributed by atoms with Crippen molar-refractivity contribution in [3.8, 4) is 22.6 Å². The lowest BCUT2D eigenvalue weighted by atomic mass is 9.98. The van der Waals surface area contributed by atoms with Crippen molar-refractivity contribution in [3.63, 3.8) is 0 Å². The molecule has 1 N–H and O–H groups in total. The molecule has 3 aromatic rings. The van der Waals surface area contributed by atoms with Crippen LogP contribution >= 0.6 is 0 Å². The summed E-state index contributed by atoms with van der Waals surface area (Å²) in [6.07, 6.45) is -4.68. The number of halogens is 4. The fraction of sp³-hybridized carbons (Fsp3) is 0.296. The van der Waals surface area contributed by atoms with Crippen LogP contribution in [0.5, 0.6) is 11.5 Å². The molecule has 0 atom stereocenters.